The minimum atomic E-state index is -0.290. The average Bonchev–Trinajstić information content (AvgIpc) is 2.50. The summed E-state index contributed by atoms with van der Waals surface area (Å²) in [6.07, 6.45) is 0. The summed E-state index contributed by atoms with van der Waals surface area (Å²) in [7, 11) is 4.01. The third-order valence-electron chi connectivity index (χ3n) is 3.14. The molecule has 1 aromatic carbocycles. The molecule has 0 atom stereocenters. The van der Waals surface area contributed by atoms with Crippen LogP contribution >= 0.6 is 15.9 Å². The lowest BCUT2D eigenvalue weighted by molar-refractivity contribution is 0.102. The number of likely N-dealkylation sites (N-methyl/N-ethyl adjacent to an activating group) is 1. The van der Waals surface area contributed by atoms with Crippen LogP contribution in [0.4, 0.5) is 11.5 Å². The number of nitrogens with one attached hydrogen (secondary N) is 2. The van der Waals surface area contributed by atoms with Crippen LogP contribution in [0.25, 0.3) is 0 Å². The van der Waals surface area contributed by atoms with Gasteiger partial charge in [0.1, 0.15) is 5.82 Å². The molecule has 2 rings (SSSR count). The monoisotopic (exact) mass is 377 g/mol. The molecule has 1 heterocycles. The minimum absolute atomic E-state index is 0.274. The molecule has 0 aliphatic carbocycles. The van der Waals surface area contributed by atoms with Crippen LogP contribution in [0, 0.1) is 6.92 Å². The van der Waals surface area contributed by atoms with Gasteiger partial charge in [-0.1, -0.05) is 6.07 Å². The van der Waals surface area contributed by atoms with Crippen molar-refractivity contribution < 1.29 is 4.79 Å². The van der Waals surface area contributed by atoms with E-state index in [4.69, 9.17) is 0 Å². The Morgan fingerprint density at radius 1 is 1.22 bits per heavy atom. The second-order valence-electron chi connectivity index (χ2n) is 5.47. The maximum absolute atomic E-state index is 12.2. The predicted molar refractivity (Wildman–Crippen MR) is 95.9 cm³/mol. The fraction of sp³-hybridized carbons (Fsp3) is 0.312. The molecular formula is C16H20BrN5O. The fourth-order valence-electron chi connectivity index (χ4n) is 1.86. The largest absolute Gasteiger partial charge is 0.367 e. The van der Waals surface area contributed by atoms with Crippen molar-refractivity contribution in [2.24, 2.45) is 0 Å². The van der Waals surface area contributed by atoms with Gasteiger partial charge in [-0.05, 0) is 66.8 Å². The van der Waals surface area contributed by atoms with Crippen molar-refractivity contribution in [3.05, 3.63) is 46.1 Å². The second-order valence-corrected chi connectivity index (χ2v) is 6.33. The lowest BCUT2D eigenvalue weighted by Gasteiger charge is -2.10. The third kappa shape index (κ3) is 5.30. The first-order chi connectivity index (χ1) is 11.0. The van der Waals surface area contributed by atoms with Gasteiger partial charge in [-0.15, -0.1) is 10.2 Å². The molecule has 0 aliphatic rings. The van der Waals surface area contributed by atoms with E-state index in [0.29, 0.717) is 11.5 Å². The van der Waals surface area contributed by atoms with Crippen LogP contribution in [-0.4, -0.2) is 48.2 Å². The van der Waals surface area contributed by atoms with Crippen LogP contribution < -0.4 is 10.6 Å². The van der Waals surface area contributed by atoms with Gasteiger partial charge in [-0.3, -0.25) is 4.79 Å². The van der Waals surface area contributed by atoms with Gasteiger partial charge in [0.2, 0.25) is 0 Å². The number of rotatable bonds is 6. The van der Waals surface area contributed by atoms with Crippen molar-refractivity contribution in [1.82, 2.24) is 15.1 Å². The van der Waals surface area contributed by atoms with Crippen molar-refractivity contribution in [2.75, 3.05) is 37.8 Å². The molecule has 2 N–H and O–H groups in total. The van der Waals surface area contributed by atoms with E-state index in [2.05, 4.69) is 41.7 Å². The Morgan fingerprint density at radius 2 is 2.00 bits per heavy atom. The number of hydrogen-bond acceptors (Lipinski definition) is 5. The molecule has 1 amide bonds. The number of amides is 1. The first kappa shape index (κ1) is 17.4. The van der Waals surface area contributed by atoms with E-state index >= 15 is 0 Å². The van der Waals surface area contributed by atoms with Crippen LogP contribution in [0.2, 0.25) is 0 Å². The molecule has 0 saturated carbocycles. The quantitative estimate of drug-likeness (QED) is 0.809. The molecule has 122 valence electrons. The summed E-state index contributed by atoms with van der Waals surface area (Å²) in [4.78, 5) is 14.3. The number of carbonyl (C=O) groups is 1. The van der Waals surface area contributed by atoms with Crippen molar-refractivity contribution in [2.45, 2.75) is 6.92 Å². The molecule has 1 aromatic heterocycles. The number of aromatic nitrogens is 2. The summed E-state index contributed by atoms with van der Waals surface area (Å²) in [5.41, 5.74) is 2.09. The van der Waals surface area contributed by atoms with Crippen LogP contribution in [0.1, 0.15) is 16.1 Å². The van der Waals surface area contributed by atoms with Gasteiger partial charge >= 0.3 is 0 Å². The van der Waals surface area contributed by atoms with Crippen molar-refractivity contribution in [1.29, 1.82) is 0 Å². The molecule has 0 radical (unpaired) electrons. The summed E-state index contributed by atoms with van der Waals surface area (Å²) in [6, 6.07) is 9.13. The van der Waals surface area contributed by atoms with Gasteiger partial charge in [0, 0.05) is 17.6 Å². The van der Waals surface area contributed by atoms with Crippen LogP contribution in [0.15, 0.2) is 34.8 Å². The zero-order valence-electron chi connectivity index (χ0n) is 13.4. The highest BCUT2D eigenvalue weighted by molar-refractivity contribution is 9.10. The molecule has 2 aromatic rings. The number of halogens is 1. The molecule has 0 bridgehead atoms. The summed E-state index contributed by atoms with van der Waals surface area (Å²) < 4.78 is 0.834. The molecule has 0 spiro atoms. The van der Waals surface area contributed by atoms with Crippen molar-refractivity contribution in [3.63, 3.8) is 0 Å². The number of anilines is 2. The Balaban J connectivity index is 1.97. The van der Waals surface area contributed by atoms with Crippen molar-refractivity contribution in [3.8, 4) is 0 Å². The minimum Gasteiger partial charge on any atom is -0.367 e. The van der Waals surface area contributed by atoms with E-state index in [0.717, 1.165) is 23.1 Å². The highest BCUT2D eigenvalue weighted by Crippen LogP contribution is 2.23. The highest BCUT2D eigenvalue weighted by atomic mass is 79.9. The van der Waals surface area contributed by atoms with Crippen LogP contribution in [0.3, 0.4) is 0 Å². The van der Waals surface area contributed by atoms with Gasteiger partial charge in [0.25, 0.3) is 5.91 Å². The van der Waals surface area contributed by atoms with E-state index < -0.39 is 0 Å². The number of aryl methyl sites for hydroxylation is 1. The molecular weight excluding hydrogens is 358 g/mol. The zero-order chi connectivity index (χ0) is 16.8. The van der Waals surface area contributed by atoms with Crippen LogP contribution in [-0.2, 0) is 0 Å². The van der Waals surface area contributed by atoms with E-state index in [1.165, 1.54) is 0 Å². The maximum atomic E-state index is 12.2. The summed E-state index contributed by atoms with van der Waals surface area (Å²) in [5.74, 6) is 0.363. The van der Waals surface area contributed by atoms with Gasteiger partial charge in [0.05, 0.1) is 5.69 Å². The zero-order valence-corrected chi connectivity index (χ0v) is 15.0. The van der Waals surface area contributed by atoms with Crippen LogP contribution in [0.5, 0.6) is 0 Å². The van der Waals surface area contributed by atoms with Gasteiger partial charge < -0.3 is 15.5 Å². The molecule has 0 unspecified atom stereocenters. The summed E-state index contributed by atoms with van der Waals surface area (Å²) in [5, 5.41) is 14.0. The topological polar surface area (TPSA) is 70.2 Å². The normalized spacial score (nSPS) is 10.7. The Kier molecular flexibility index (Phi) is 6.06. The summed E-state index contributed by atoms with van der Waals surface area (Å²) in [6.45, 7) is 3.65. The van der Waals surface area contributed by atoms with Gasteiger partial charge in [-0.25, -0.2) is 0 Å². The Labute approximate surface area is 144 Å². The molecule has 0 aliphatic heterocycles. The SMILES string of the molecule is Cc1ccc(NC(=O)c2ccc(NCCN(C)C)nn2)c(Br)c1. The first-order valence-electron chi connectivity index (χ1n) is 7.25. The smallest absolute Gasteiger partial charge is 0.276 e. The average molecular weight is 378 g/mol. The lowest BCUT2D eigenvalue weighted by atomic mass is 10.2. The van der Waals surface area contributed by atoms with Crippen molar-refractivity contribution >= 4 is 33.3 Å². The number of benzene rings is 1. The fourth-order valence-corrected chi connectivity index (χ4v) is 2.46. The van der Waals surface area contributed by atoms with E-state index in [1.807, 2.05) is 39.2 Å². The molecule has 7 heteroatoms. The Bertz CT molecular complexity index is 673. The Morgan fingerprint density at radius 3 is 2.61 bits per heavy atom. The van der Waals surface area contributed by atoms with E-state index in [1.54, 1.807) is 12.1 Å². The first-order valence-corrected chi connectivity index (χ1v) is 8.05. The van der Waals surface area contributed by atoms with Gasteiger partial charge in [0.15, 0.2) is 5.69 Å². The lowest BCUT2D eigenvalue weighted by Crippen LogP contribution is -2.21. The van der Waals surface area contributed by atoms with Gasteiger partial charge in [-0.2, -0.15) is 0 Å². The molecule has 23 heavy (non-hydrogen) atoms. The number of hydrogen-bond donors (Lipinski definition) is 2. The predicted octanol–water partition coefficient (Wildman–Crippen LogP) is 2.77. The molecule has 0 fully saturated rings. The third-order valence-corrected chi connectivity index (χ3v) is 3.79. The molecule has 0 saturated heterocycles. The Hall–Kier alpha value is -1.99. The van der Waals surface area contributed by atoms with E-state index in [-0.39, 0.29) is 11.6 Å². The molecule has 6 nitrogen and oxygen atoms in total. The standard InChI is InChI=1S/C16H20BrN5O/c1-11-4-5-13(12(17)10-11)19-16(23)14-6-7-15(21-20-14)18-8-9-22(2)3/h4-7,10H,8-9H2,1-3H3,(H,18,21)(H,19,23). The van der Waals surface area contributed by atoms with E-state index in [9.17, 15) is 4.79 Å². The second kappa shape index (κ2) is 8.03. The maximum Gasteiger partial charge on any atom is 0.276 e. The number of nitrogens with zero attached hydrogens (tertiary/aromatic N) is 3. The summed E-state index contributed by atoms with van der Waals surface area (Å²) >= 11 is 3.44. The number of carbonyl (C=O) groups excluding carboxylic acids is 1. The highest BCUT2D eigenvalue weighted by Gasteiger charge is 2.10.